The van der Waals surface area contributed by atoms with Gasteiger partial charge < -0.3 is 15.4 Å². The lowest BCUT2D eigenvalue weighted by atomic mass is 10.3. The molecule has 0 radical (unpaired) electrons. The third-order valence-corrected chi connectivity index (χ3v) is 2.14. The van der Waals surface area contributed by atoms with Crippen molar-refractivity contribution in [1.82, 2.24) is 9.80 Å². The van der Waals surface area contributed by atoms with Crippen molar-refractivity contribution < 1.29 is 4.74 Å². The van der Waals surface area contributed by atoms with E-state index in [-0.39, 0.29) is 0 Å². The Kier molecular flexibility index (Phi) is 9.29. The molecule has 0 amide bonds. The average molecular weight is 203 g/mol. The number of hydrogen-bond donors (Lipinski definition) is 1. The van der Waals surface area contributed by atoms with Gasteiger partial charge in [0, 0.05) is 26.7 Å². The number of hydrogen-bond acceptors (Lipinski definition) is 4. The SMILES string of the molecule is COCCN(CCN)CCCN(C)C. The lowest BCUT2D eigenvalue weighted by Gasteiger charge is -2.21. The van der Waals surface area contributed by atoms with Gasteiger partial charge in [-0.1, -0.05) is 0 Å². The van der Waals surface area contributed by atoms with Gasteiger partial charge in [0.05, 0.1) is 6.61 Å². The van der Waals surface area contributed by atoms with Gasteiger partial charge in [-0.2, -0.15) is 0 Å². The van der Waals surface area contributed by atoms with E-state index in [2.05, 4.69) is 23.9 Å². The van der Waals surface area contributed by atoms with Crippen molar-refractivity contribution in [2.75, 3.05) is 60.5 Å². The summed E-state index contributed by atoms with van der Waals surface area (Å²) in [5.41, 5.74) is 5.54. The van der Waals surface area contributed by atoms with Crippen molar-refractivity contribution in [1.29, 1.82) is 0 Å². The van der Waals surface area contributed by atoms with E-state index < -0.39 is 0 Å². The first-order chi connectivity index (χ1) is 6.70. The van der Waals surface area contributed by atoms with Gasteiger partial charge >= 0.3 is 0 Å². The lowest BCUT2D eigenvalue weighted by molar-refractivity contribution is 0.147. The minimum absolute atomic E-state index is 0.728. The zero-order valence-corrected chi connectivity index (χ0v) is 9.83. The van der Waals surface area contributed by atoms with E-state index in [4.69, 9.17) is 10.5 Å². The largest absolute Gasteiger partial charge is 0.383 e. The van der Waals surface area contributed by atoms with E-state index in [1.165, 1.54) is 6.42 Å². The second kappa shape index (κ2) is 9.40. The van der Waals surface area contributed by atoms with E-state index in [9.17, 15) is 0 Å². The topological polar surface area (TPSA) is 41.7 Å². The summed E-state index contributed by atoms with van der Waals surface area (Å²) in [7, 11) is 5.94. The maximum Gasteiger partial charge on any atom is 0.0589 e. The summed E-state index contributed by atoms with van der Waals surface area (Å²) in [6.07, 6.45) is 1.19. The highest BCUT2D eigenvalue weighted by Gasteiger charge is 2.02. The Labute approximate surface area is 88.0 Å². The number of ether oxygens (including phenoxy) is 1. The van der Waals surface area contributed by atoms with Crippen molar-refractivity contribution in [3.63, 3.8) is 0 Å². The normalized spacial score (nSPS) is 11.6. The molecule has 0 unspecified atom stereocenters. The van der Waals surface area contributed by atoms with E-state index >= 15 is 0 Å². The molecule has 0 saturated heterocycles. The highest BCUT2D eigenvalue weighted by Crippen LogP contribution is 1.92. The highest BCUT2D eigenvalue weighted by molar-refractivity contribution is 4.59. The predicted octanol–water partition coefficient (Wildman–Crippen LogP) is -0.155. The Bertz CT molecular complexity index is 120. The van der Waals surface area contributed by atoms with E-state index in [0.717, 1.165) is 39.3 Å². The predicted molar refractivity (Wildman–Crippen MR) is 60.5 cm³/mol. The fourth-order valence-electron chi connectivity index (χ4n) is 1.35. The molecule has 0 spiro atoms. The van der Waals surface area contributed by atoms with Crippen LogP contribution in [0, 0.1) is 0 Å². The zero-order valence-electron chi connectivity index (χ0n) is 9.83. The summed E-state index contributed by atoms with van der Waals surface area (Å²) < 4.78 is 5.05. The molecule has 0 aliphatic heterocycles. The van der Waals surface area contributed by atoms with Gasteiger partial charge in [-0.25, -0.2) is 0 Å². The molecule has 0 aliphatic rings. The zero-order chi connectivity index (χ0) is 10.8. The molecule has 0 saturated carbocycles. The van der Waals surface area contributed by atoms with Gasteiger partial charge in [0.15, 0.2) is 0 Å². The molecule has 2 N–H and O–H groups in total. The minimum atomic E-state index is 0.728. The van der Waals surface area contributed by atoms with Crippen LogP contribution < -0.4 is 5.73 Å². The summed E-state index contributed by atoms with van der Waals surface area (Å²) in [5, 5.41) is 0. The lowest BCUT2D eigenvalue weighted by Crippen LogP contribution is -2.34. The van der Waals surface area contributed by atoms with Gasteiger partial charge in [-0.05, 0) is 33.6 Å². The quantitative estimate of drug-likeness (QED) is 0.566. The summed E-state index contributed by atoms with van der Waals surface area (Å²) >= 11 is 0. The number of nitrogens with zero attached hydrogens (tertiary/aromatic N) is 2. The van der Waals surface area contributed by atoms with Crippen LogP contribution in [0.25, 0.3) is 0 Å². The maximum atomic E-state index is 5.54. The molecule has 0 aromatic rings. The molecular formula is C10H25N3O. The molecule has 0 aromatic carbocycles. The first kappa shape index (κ1) is 13.8. The molecule has 0 heterocycles. The Morgan fingerprint density at radius 3 is 2.29 bits per heavy atom. The molecule has 0 aromatic heterocycles. The molecule has 0 rings (SSSR count). The fraction of sp³-hybridized carbons (Fsp3) is 1.00. The Balaban J connectivity index is 3.50. The Morgan fingerprint density at radius 2 is 1.79 bits per heavy atom. The smallest absolute Gasteiger partial charge is 0.0589 e. The van der Waals surface area contributed by atoms with Crippen LogP contribution in [0.5, 0.6) is 0 Å². The van der Waals surface area contributed by atoms with Crippen LogP contribution in [0.4, 0.5) is 0 Å². The summed E-state index contributed by atoms with van der Waals surface area (Å²) in [6.45, 7) is 5.72. The van der Waals surface area contributed by atoms with Crippen molar-refractivity contribution >= 4 is 0 Å². The third-order valence-electron chi connectivity index (χ3n) is 2.14. The van der Waals surface area contributed by atoms with Crippen LogP contribution >= 0.6 is 0 Å². The first-order valence-corrected chi connectivity index (χ1v) is 5.26. The molecule has 4 heteroatoms. The molecule has 14 heavy (non-hydrogen) atoms. The van der Waals surface area contributed by atoms with E-state index in [1.807, 2.05) is 0 Å². The summed E-state index contributed by atoms with van der Waals surface area (Å²) in [4.78, 5) is 4.56. The molecular weight excluding hydrogens is 178 g/mol. The summed E-state index contributed by atoms with van der Waals surface area (Å²) in [6, 6.07) is 0. The highest BCUT2D eigenvalue weighted by atomic mass is 16.5. The minimum Gasteiger partial charge on any atom is -0.383 e. The van der Waals surface area contributed by atoms with E-state index in [0.29, 0.717) is 0 Å². The second-order valence-corrected chi connectivity index (χ2v) is 3.78. The van der Waals surface area contributed by atoms with Crippen LogP contribution in [0.3, 0.4) is 0 Å². The van der Waals surface area contributed by atoms with Crippen LogP contribution in [-0.2, 0) is 4.74 Å². The number of nitrogens with two attached hydrogens (primary N) is 1. The maximum absolute atomic E-state index is 5.54. The molecule has 4 nitrogen and oxygen atoms in total. The number of rotatable bonds is 9. The van der Waals surface area contributed by atoms with Crippen LogP contribution in [0.15, 0.2) is 0 Å². The van der Waals surface area contributed by atoms with Crippen molar-refractivity contribution in [3.05, 3.63) is 0 Å². The van der Waals surface area contributed by atoms with Crippen molar-refractivity contribution in [2.45, 2.75) is 6.42 Å². The van der Waals surface area contributed by atoms with Gasteiger partial charge in [0.2, 0.25) is 0 Å². The van der Waals surface area contributed by atoms with Gasteiger partial charge in [0.1, 0.15) is 0 Å². The molecule has 0 fully saturated rings. The van der Waals surface area contributed by atoms with Crippen molar-refractivity contribution in [3.8, 4) is 0 Å². The van der Waals surface area contributed by atoms with Crippen molar-refractivity contribution in [2.24, 2.45) is 5.73 Å². The Morgan fingerprint density at radius 1 is 1.07 bits per heavy atom. The van der Waals surface area contributed by atoms with Gasteiger partial charge in [-0.15, -0.1) is 0 Å². The Hall–Kier alpha value is -0.160. The standard InChI is InChI=1S/C10H25N3O/c1-12(2)6-4-7-13(8-5-11)9-10-14-3/h4-11H2,1-3H3. The molecule has 0 atom stereocenters. The monoisotopic (exact) mass is 203 g/mol. The number of methoxy groups -OCH3 is 1. The van der Waals surface area contributed by atoms with Gasteiger partial charge in [0.25, 0.3) is 0 Å². The molecule has 86 valence electrons. The van der Waals surface area contributed by atoms with Crippen LogP contribution in [0.1, 0.15) is 6.42 Å². The third kappa shape index (κ3) is 8.44. The van der Waals surface area contributed by atoms with Crippen LogP contribution in [-0.4, -0.2) is 70.3 Å². The molecule has 0 bridgehead atoms. The second-order valence-electron chi connectivity index (χ2n) is 3.78. The fourth-order valence-corrected chi connectivity index (χ4v) is 1.35. The van der Waals surface area contributed by atoms with Crippen LogP contribution in [0.2, 0.25) is 0 Å². The first-order valence-electron chi connectivity index (χ1n) is 5.26. The molecule has 0 aliphatic carbocycles. The average Bonchev–Trinajstić information content (AvgIpc) is 2.13. The summed E-state index contributed by atoms with van der Waals surface area (Å²) in [5.74, 6) is 0. The van der Waals surface area contributed by atoms with Gasteiger partial charge in [-0.3, -0.25) is 4.90 Å². The van der Waals surface area contributed by atoms with E-state index in [1.54, 1.807) is 7.11 Å².